The summed E-state index contributed by atoms with van der Waals surface area (Å²) in [6.45, 7) is 7.43. The molecule has 0 spiro atoms. The molecule has 2 nitrogen and oxygen atoms in total. The number of rotatable bonds is 5. The average molecular weight is 266 g/mol. The first-order chi connectivity index (χ1) is 8.75. The van der Waals surface area contributed by atoms with Gasteiger partial charge in [0.1, 0.15) is 11.6 Å². The molecule has 1 aromatic carbocycles. The van der Waals surface area contributed by atoms with E-state index < -0.39 is 17.4 Å². The van der Waals surface area contributed by atoms with Crippen LogP contribution in [-0.4, -0.2) is 17.0 Å². The number of ketones is 1. The summed E-state index contributed by atoms with van der Waals surface area (Å²) in [6.07, 6.45) is 0.329. The van der Waals surface area contributed by atoms with Crippen molar-refractivity contribution >= 4 is 5.78 Å². The van der Waals surface area contributed by atoms with Crippen molar-refractivity contribution in [3.8, 4) is 0 Å². The lowest BCUT2D eigenvalue weighted by molar-refractivity contribution is -0.134. The maximum absolute atomic E-state index is 12.9. The largest absolute Gasteiger partial charge is 0.392 e. The molecule has 0 aromatic heterocycles. The minimum Gasteiger partial charge on any atom is -0.392 e. The molecular weight excluding hydrogens is 243 g/mol. The number of hydrogen-bond donors (Lipinski definition) is 1. The van der Waals surface area contributed by atoms with Crippen LogP contribution in [0.4, 0.5) is 4.39 Å². The monoisotopic (exact) mass is 266 g/mol. The molecule has 106 valence electrons. The summed E-state index contributed by atoms with van der Waals surface area (Å²) in [5.41, 5.74) is 0.386. The van der Waals surface area contributed by atoms with Crippen LogP contribution in [-0.2, 0) is 11.2 Å². The van der Waals surface area contributed by atoms with Crippen LogP contribution in [0, 0.1) is 17.2 Å². The van der Waals surface area contributed by atoms with E-state index in [1.807, 2.05) is 27.7 Å². The van der Waals surface area contributed by atoms with Gasteiger partial charge in [0.25, 0.3) is 0 Å². The van der Waals surface area contributed by atoms with Gasteiger partial charge in [0, 0.05) is 11.3 Å². The lowest BCUT2D eigenvalue weighted by Gasteiger charge is -2.28. The zero-order valence-electron chi connectivity index (χ0n) is 12.1. The molecule has 0 aliphatic heterocycles. The highest BCUT2D eigenvalue weighted by Crippen LogP contribution is 2.26. The van der Waals surface area contributed by atoms with Gasteiger partial charge in [0.05, 0.1) is 6.10 Å². The number of benzene rings is 1. The van der Waals surface area contributed by atoms with Gasteiger partial charge in [-0.25, -0.2) is 4.39 Å². The Balaban J connectivity index is 2.92. The summed E-state index contributed by atoms with van der Waals surface area (Å²) >= 11 is 0. The van der Waals surface area contributed by atoms with Gasteiger partial charge in [-0.1, -0.05) is 39.8 Å². The Labute approximate surface area is 114 Å². The summed E-state index contributed by atoms with van der Waals surface area (Å²) in [4.78, 5) is 12.4. The molecule has 0 aliphatic carbocycles. The summed E-state index contributed by atoms with van der Waals surface area (Å²) in [5, 5.41) is 10.1. The molecule has 0 saturated carbocycles. The Morgan fingerprint density at radius 2 is 1.79 bits per heavy atom. The maximum atomic E-state index is 12.9. The summed E-state index contributed by atoms with van der Waals surface area (Å²) < 4.78 is 12.9. The van der Waals surface area contributed by atoms with Crippen LogP contribution in [0.25, 0.3) is 0 Å². The van der Waals surface area contributed by atoms with Crippen molar-refractivity contribution in [1.29, 1.82) is 0 Å². The van der Waals surface area contributed by atoms with Crippen LogP contribution in [0.15, 0.2) is 24.3 Å². The van der Waals surface area contributed by atoms with Gasteiger partial charge in [0.15, 0.2) is 0 Å². The minimum atomic E-state index is -0.656. The number of hydrogen-bond acceptors (Lipinski definition) is 2. The molecule has 0 saturated heterocycles. The van der Waals surface area contributed by atoms with Crippen molar-refractivity contribution in [3.63, 3.8) is 0 Å². The molecule has 3 heteroatoms. The first kappa shape index (κ1) is 15.8. The molecule has 0 bridgehead atoms. The van der Waals surface area contributed by atoms with Gasteiger partial charge in [-0.3, -0.25) is 4.79 Å². The second kappa shape index (κ2) is 6.29. The fourth-order valence-electron chi connectivity index (χ4n) is 2.12. The average Bonchev–Trinajstić information content (AvgIpc) is 2.35. The van der Waals surface area contributed by atoms with E-state index in [1.54, 1.807) is 12.1 Å². The Hall–Kier alpha value is -1.22. The van der Waals surface area contributed by atoms with Gasteiger partial charge in [-0.2, -0.15) is 0 Å². The highest BCUT2D eigenvalue weighted by Gasteiger charge is 2.33. The fourth-order valence-corrected chi connectivity index (χ4v) is 2.12. The Morgan fingerprint density at radius 1 is 1.26 bits per heavy atom. The van der Waals surface area contributed by atoms with Crippen molar-refractivity contribution in [2.45, 2.75) is 46.6 Å². The highest BCUT2D eigenvalue weighted by atomic mass is 19.1. The van der Waals surface area contributed by atoms with E-state index >= 15 is 0 Å². The van der Waals surface area contributed by atoms with E-state index in [-0.39, 0.29) is 11.6 Å². The predicted molar refractivity (Wildman–Crippen MR) is 74.4 cm³/mol. The Morgan fingerprint density at radius 3 is 2.21 bits per heavy atom. The van der Waals surface area contributed by atoms with Crippen molar-refractivity contribution in [3.05, 3.63) is 35.6 Å². The van der Waals surface area contributed by atoms with E-state index in [0.717, 1.165) is 5.56 Å². The molecule has 1 aromatic rings. The molecule has 0 aliphatic rings. The maximum Gasteiger partial charge on any atom is 0.144 e. The molecule has 19 heavy (non-hydrogen) atoms. The lowest BCUT2D eigenvalue weighted by atomic mass is 9.77. The Kier molecular flexibility index (Phi) is 5.24. The minimum absolute atomic E-state index is 0.0474. The van der Waals surface area contributed by atoms with Gasteiger partial charge < -0.3 is 5.11 Å². The topological polar surface area (TPSA) is 37.3 Å². The van der Waals surface area contributed by atoms with Crippen molar-refractivity contribution in [1.82, 2.24) is 0 Å². The third-order valence-corrected chi connectivity index (χ3v) is 3.33. The summed E-state index contributed by atoms with van der Waals surface area (Å²) in [7, 11) is 0. The van der Waals surface area contributed by atoms with E-state index in [1.165, 1.54) is 12.1 Å². The zero-order chi connectivity index (χ0) is 14.6. The second-order valence-electron chi connectivity index (χ2n) is 6.03. The third-order valence-electron chi connectivity index (χ3n) is 3.33. The quantitative estimate of drug-likeness (QED) is 0.887. The van der Waals surface area contributed by atoms with Crippen LogP contribution in [0.5, 0.6) is 0 Å². The SMILES string of the molecule is CC[C@@H](O)[C@@H](Cc1ccc(F)cc1)C(=O)C(C)(C)C. The molecule has 0 fully saturated rings. The normalized spacial score (nSPS) is 15.1. The van der Waals surface area contributed by atoms with Gasteiger partial charge >= 0.3 is 0 Å². The van der Waals surface area contributed by atoms with Gasteiger partial charge in [-0.15, -0.1) is 0 Å². The number of aliphatic hydroxyl groups is 1. The first-order valence-corrected chi connectivity index (χ1v) is 6.72. The summed E-state index contributed by atoms with van der Waals surface area (Å²) in [6, 6.07) is 6.10. The molecular formula is C16H23FO2. The van der Waals surface area contributed by atoms with Crippen molar-refractivity contribution < 1.29 is 14.3 Å². The summed E-state index contributed by atoms with van der Waals surface area (Å²) in [5.74, 6) is -0.680. The number of aliphatic hydroxyl groups excluding tert-OH is 1. The number of carbonyl (C=O) groups excluding carboxylic acids is 1. The van der Waals surface area contributed by atoms with Crippen molar-refractivity contribution in [2.24, 2.45) is 11.3 Å². The second-order valence-corrected chi connectivity index (χ2v) is 6.03. The van der Waals surface area contributed by atoms with Crippen LogP contribution in [0.1, 0.15) is 39.7 Å². The van der Waals surface area contributed by atoms with Crippen molar-refractivity contribution in [2.75, 3.05) is 0 Å². The third kappa shape index (κ3) is 4.43. The van der Waals surface area contributed by atoms with E-state index in [0.29, 0.717) is 12.8 Å². The van der Waals surface area contributed by atoms with Gasteiger partial charge in [-0.05, 0) is 30.5 Å². The molecule has 0 heterocycles. The number of halogens is 1. The lowest BCUT2D eigenvalue weighted by Crippen LogP contribution is -2.37. The molecule has 0 radical (unpaired) electrons. The standard InChI is InChI=1S/C16H23FO2/c1-5-14(18)13(15(19)16(2,3)4)10-11-6-8-12(17)9-7-11/h6-9,13-14,18H,5,10H2,1-4H3/t13-,14-/m1/s1. The number of Topliss-reactive ketones (excluding diaryl/α,β-unsaturated/α-hetero) is 1. The highest BCUT2D eigenvalue weighted by molar-refractivity contribution is 5.86. The molecule has 0 unspecified atom stereocenters. The Bertz CT molecular complexity index is 417. The molecule has 0 amide bonds. The molecule has 2 atom stereocenters. The van der Waals surface area contributed by atoms with E-state index in [9.17, 15) is 14.3 Å². The van der Waals surface area contributed by atoms with Gasteiger partial charge in [0.2, 0.25) is 0 Å². The van der Waals surface area contributed by atoms with E-state index in [4.69, 9.17) is 0 Å². The van der Waals surface area contributed by atoms with E-state index in [2.05, 4.69) is 0 Å². The smallest absolute Gasteiger partial charge is 0.144 e. The van der Waals surface area contributed by atoms with Crippen LogP contribution >= 0.6 is 0 Å². The first-order valence-electron chi connectivity index (χ1n) is 6.72. The number of carbonyl (C=O) groups is 1. The zero-order valence-corrected chi connectivity index (χ0v) is 12.1. The molecule has 1 N–H and O–H groups in total. The predicted octanol–water partition coefficient (Wildman–Crippen LogP) is 3.37. The van der Waals surface area contributed by atoms with Crippen LogP contribution in [0.2, 0.25) is 0 Å². The molecule has 1 rings (SSSR count). The van der Waals surface area contributed by atoms with Crippen LogP contribution in [0.3, 0.4) is 0 Å². The fraction of sp³-hybridized carbons (Fsp3) is 0.562. The van der Waals surface area contributed by atoms with Crippen LogP contribution < -0.4 is 0 Å².